The average molecular weight is 346 g/mol. The Balaban J connectivity index is 1.96. The van der Waals surface area contributed by atoms with Gasteiger partial charge in [-0.25, -0.2) is 5.06 Å². The van der Waals surface area contributed by atoms with E-state index in [0.717, 1.165) is 16.8 Å². The van der Waals surface area contributed by atoms with Crippen LogP contribution in [0.15, 0.2) is 91.0 Å². The Hall–Kier alpha value is -3.18. The number of anilines is 1. The van der Waals surface area contributed by atoms with Crippen LogP contribution in [0.3, 0.4) is 0 Å². The van der Waals surface area contributed by atoms with Crippen molar-refractivity contribution >= 4 is 5.69 Å². The number of nitrogens with zero attached hydrogens (tertiary/aromatic N) is 2. The maximum Gasteiger partial charge on any atom is 0.338 e. The quantitative estimate of drug-likeness (QED) is 0.520. The molecule has 5 nitrogen and oxygen atoms in total. The Morgan fingerprint density at radius 1 is 0.846 bits per heavy atom. The summed E-state index contributed by atoms with van der Waals surface area (Å²) >= 11 is 0. The lowest BCUT2D eigenvalue weighted by Crippen LogP contribution is -2.41. The van der Waals surface area contributed by atoms with Crippen molar-refractivity contribution in [3.05, 3.63) is 112 Å². The smallest absolute Gasteiger partial charge is 0.262 e. The van der Waals surface area contributed by atoms with E-state index >= 15 is 0 Å². The van der Waals surface area contributed by atoms with E-state index in [1.165, 1.54) is 0 Å². The number of rotatable bonds is 4. The van der Waals surface area contributed by atoms with Crippen molar-refractivity contribution in [1.82, 2.24) is 0 Å². The summed E-state index contributed by atoms with van der Waals surface area (Å²) < 4.78 is 0. The zero-order valence-corrected chi connectivity index (χ0v) is 14.1. The SMILES string of the molecule is O=[N+]([O-])C1CC(c2ccccc2)(c2ccccc2)N(c2ccccc2)O1. The zero-order chi connectivity index (χ0) is 18.0. The Kier molecular flexibility index (Phi) is 4.14. The molecule has 4 rings (SSSR count). The molecule has 0 radical (unpaired) electrons. The van der Waals surface area contributed by atoms with Gasteiger partial charge in [-0.3, -0.25) is 10.1 Å². The molecule has 1 heterocycles. The largest absolute Gasteiger partial charge is 0.338 e. The topological polar surface area (TPSA) is 55.6 Å². The summed E-state index contributed by atoms with van der Waals surface area (Å²) in [4.78, 5) is 17.1. The van der Waals surface area contributed by atoms with E-state index in [1.807, 2.05) is 91.0 Å². The number of benzene rings is 3. The third-order valence-electron chi connectivity index (χ3n) is 4.77. The summed E-state index contributed by atoms with van der Waals surface area (Å²) in [6.45, 7) is 0. The molecule has 0 aromatic heterocycles. The van der Waals surface area contributed by atoms with Gasteiger partial charge >= 0.3 is 6.23 Å². The van der Waals surface area contributed by atoms with Crippen molar-refractivity contribution < 1.29 is 9.76 Å². The Morgan fingerprint density at radius 2 is 1.31 bits per heavy atom. The van der Waals surface area contributed by atoms with E-state index in [4.69, 9.17) is 4.84 Å². The molecule has 0 spiro atoms. The monoisotopic (exact) mass is 346 g/mol. The van der Waals surface area contributed by atoms with Crippen molar-refractivity contribution in [2.75, 3.05) is 5.06 Å². The van der Waals surface area contributed by atoms with E-state index in [9.17, 15) is 10.1 Å². The molecule has 0 N–H and O–H groups in total. The Morgan fingerprint density at radius 3 is 1.77 bits per heavy atom. The molecule has 1 aliphatic heterocycles. The van der Waals surface area contributed by atoms with E-state index in [1.54, 1.807) is 5.06 Å². The van der Waals surface area contributed by atoms with E-state index in [-0.39, 0.29) is 11.3 Å². The molecule has 3 aromatic carbocycles. The van der Waals surface area contributed by atoms with Gasteiger partial charge in [-0.1, -0.05) is 78.9 Å². The second-order valence-electron chi connectivity index (χ2n) is 6.27. The molecule has 5 heteroatoms. The normalized spacial score (nSPS) is 18.6. The van der Waals surface area contributed by atoms with Crippen LogP contribution in [0.4, 0.5) is 5.69 Å². The first kappa shape index (κ1) is 16.3. The van der Waals surface area contributed by atoms with Gasteiger partial charge in [0.05, 0.1) is 17.0 Å². The zero-order valence-electron chi connectivity index (χ0n) is 14.1. The minimum Gasteiger partial charge on any atom is -0.262 e. The first-order chi connectivity index (χ1) is 12.7. The van der Waals surface area contributed by atoms with Crippen LogP contribution in [0, 0.1) is 10.1 Å². The van der Waals surface area contributed by atoms with Crippen molar-refractivity contribution in [3.8, 4) is 0 Å². The minimum absolute atomic E-state index is 0.225. The molecular formula is C21H18N2O3. The lowest BCUT2D eigenvalue weighted by Gasteiger charge is -2.37. The molecule has 0 amide bonds. The van der Waals surface area contributed by atoms with Crippen LogP contribution >= 0.6 is 0 Å². The molecule has 3 aromatic rings. The van der Waals surface area contributed by atoms with Gasteiger partial charge in [-0.2, -0.15) is 4.84 Å². The molecule has 1 atom stereocenters. The van der Waals surface area contributed by atoms with Gasteiger partial charge in [-0.05, 0) is 23.3 Å². The molecule has 0 bridgehead atoms. The Bertz CT molecular complexity index is 845. The summed E-state index contributed by atoms with van der Waals surface area (Å²) in [5, 5.41) is 13.3. The van der Waals surface area contributed by atoms with Gasteiger partial charge in [0, 0.05) is 0 Å². The summed E-state index contributed by atoms with van der Waals surface area (Å²) in [6.07, 6.45) is -0.890. The van der Waals surface area contributed by atoms with Gasteiger partial charge in [0.15, 0.2) is 0 Å². The predicted molar refractivity (Wildman–Crippen MR) is 99.1 cm³/mol. The highest BCUT2D eigenvalue weighted by Crippen LogP contribution is 2.48. The number of hydrogen-bond acceptors (Lipinski definition) is 4. The van der Waals surface area contributed by atoms with Crippen molar-refractivity contribution in [2.24, 2.45) is 0 Å². The third-order valence-corrected chi connectivity index (χ3v) is 4.77. The lowest BCUT2D eigenvalue weighted by atomic mass is 9.79. The summed E-state index contributed by atoms with van der Waals surface area (Å²) in [6, 6.07) is 29.2. The summed E-state index contributed by atoms with van der Waals surface area (Å²) in [5.74, 6) is 0. The molecule has 1 saturated heterocycles. The lowest BCUT2D eigenvalue weighted by molar-refractivity contribution is -0.569. The van der Waals surface area contributed by atoms with Crippen LogP contribution in [0.25, 0.3) is 0 Å². The van der Waals surface area contributed by atoms with Gasteiger partial charge < -0.3 is 0 Å². The molecular weight excluding hydrogens is 328 g/mol. The van der Waals surface area contributed by atoms with Gasteiger partial charge in [0.1, 0.15) is 5.54 Å². The second kappa shape index (κ2) is 6.61. The van der Waals surface area contributed by atoms with E-state index < -0.39 is 11.8 Å². The Labute approximate surface area is 151 Å². The molecule has 0 aliphatic carbocycles. The highest BCUT2D eigenvalue weighted by molar-refractivity contribution is 5.55. The molecule has 1 unspecified atom stereocenters. The fourth-order valence-corrected chi connectivity index (χ4v) is 3.61. The van der Waals surface area contributed by atoms with Gasteiger partial charge in [-0.15, -0.1) is 0 Å². The van der Waals surface area contributed by atoms with Crippen LogP contribution in [-0.2, 0) is 10.4 Å². The summed E-state index contributed by atoms with van der Waals surface area (Å²) in [7, 11) is 0. The maximum absolute atomic E-state index is 11.6. The van der Waals surface area contributed by atoms with Crippen molar-refractivity contribution in [1.29, 1.82) is 0 Å². The van der Waals surface area contributed by atoms with Crippen molar-refractivity contribution in [2.45, 2.75) is 18.2 Å². The molecule has 130 valence electrons. The first-order valence-corrected chi connectivity index (χ1v) is 8.48. The number of para-hydroxylation sites is 1. The molecule has 1 fully saturated rings. The standard InChI is InChI=1S/C21H18N2O3/c24-23(25)20-16-21(17-10-4-1-5-11-17,18-12-6-2-7-13-18)22(26-20)19-14-8-3-9-15-19/h1-15,20H,16H2. The third kappa shape index (κ3) is 2.62. The van der Waals surface area contributed by atoms with Crippen LogP contribution in [-0.4, -0.2) is 11.2 Å². The maximum atomic E-state index is 11.6. The first-order valence-electron chi connectivity index (χ1n) is 8.48. The fraction of sp³-hybridized carbons (Fsp3) is 0.143. The van der Waals surface area contributed by atoms with Crippen LogP contribution in [0.5, 0.6) is 0 Å². The van der Waals surface area contributed by atoms with Crippen LogP contribution < -0.4 is 5.06 Å². The number of hydrogen-bond donors (Lipinski definition) is 0. The average Bonchev–Trinajstić information content (AvgIpc) is 3.12. The molecule has 26 heavy (non-hydrogen) atoms. The summed E-state index contributed by atoms with van der Waals surface area (Å²) in [5.41, 5.74) is 1.92. The second-order valence-corrected chi connectivity index (χ2v) is 6.27. The number of hydroxylamine groups is 1. The minimum atomic E-state index is -1.12. The fourth-order valence-electron chi connectivity index (χ4n) is 3.61. The highest BCUT2D eigenvalue weighted by atomic mass is 16.8. The van der Waals surface area contributed by atoms with E-state index in [2.05, 4.69) is 0 Å². The van der Waals surface area contributed by atoms with Gasteiger partial charge in [0.2, 0.25) is 0 Å². The molecule has 1 aliphatic rings. The van der Waals surface area contributed by atoms with Crippen LogP contribution in [0.1, 0.15) is 17.5 Å². The highest BCUT2D eigenvalue weighted by Gasteiger charge is 2.54. The van der Waals surface area contributed by atoms with Gasteiger partial charge in [0.25, 0.3) is 0 Å². The predicted octanol–water partition coefficient (Wildman–Crippen LogP) is 4.37. The van der Waals surface area contributed by atoms with E-state index in [0.29, 0.717) is 0 Å². The molecule has 0 saturated carbocycles. The van der Waals surface area contributed by atoms with Crippen molar-refractivity contribution in [3.63, 3.8) is 0 Å². The number of nitro groups is 1. The van der Waals surface area contributed by atoms with Crippen LogP contribution in [0.2, 0.25) is 0 Å².